The molecular weight excluding hydrogens is 342 g/mol. The van der Waals surface area contributed by atoms with Gasteiger partial charge in [-0.1, -0.05) is 53.2 Å². The van der Waals surface area contributed by atoms with Crippen LogP contribution in [0.25, 0.3) is 10.9 Å². The predicted octanol–water partition coefficient (Wildman–Crippen LogP) is 5.06. The lowest BCUT2D eigenvalue weighted by Gasteiger charge is -2.16. The summed E-state index contributed by atoms with van der Waals surface area (Å²) < 4.78 is 5.34. The fraction of sp³-hybridized carbons (Fsp3) is 0.190. The zero-order chi connectivity index (χ0) is 19.0. The summed E-state index contributed by atoms with van der Waals surface area (Å²) in [5.74, 6) is 0.209. The Bertz CT molecular complexity index is 1110. The van der Waals surface area contributed by atoms with Crippen molar-refractivity contribution in [3.8, 4) is 0 Å². The number of hydrogen-bond donors (Lipinski definition) is 1. The molecule has 136 valence electrons. The molecule has 4 rings (SSSR count). The summed E-state index contributed by atoms with van der Waals surface area (Å²) in [6, 6.07) is 16.3. The molecule has 27 heavy (non-hydrogen) atoms. The van der Waals surface area contributed by atoms with Crippen molar-refractivity contribution in [2.45, 2.75) is 26.2 Å². The standard InChI is InChI=1S/C21H19N3O3/c1-13-7-9-15(10-8-13)17(11-20-21(24(25)26)14(2)23-27-20)18-12-22-19-6-4-3-5-16(18)19/h3-10,12,17,22H,11H2,1-2H3. The predicted molar refractivity (Wildman–Crippen MR) is 103 cm³/mol. The molecular formula is C21H19N3O3. The van der Waals surface area contributed by atoms with Crippen molar-refractivity contribution in [3.63, 3.8) is 0 Å². The van der Waals surface area contributed by atoms with Gasteiger partial charge in [-0.2, -0.15) is 0 Å². The first kappa shape index (κ1) is 17.0. The summed E-state index contributed by atoms with van der Waals surface area (Å²) in [7, 11) is 0. The number of nitrogens with zero attached hydrogens (tertiary/aromatic N) is 2. The van der Waals surface area contributed by atoms with E-state index >= 15 is 0 Å². The second-order valence-corrected chi connectivity index (χ2v) is 6.75. The number of fused-ring (bicyclic) bond motifs is 1. The van der Waals surface area contributed by atoms with Crippen LogP contribution in [0.1, 0.15) is 34.1 Å². The Balaban J connectivity index is 1.84. The Labute approximate surface area is 156 Å². The van der Waals surface area contributed by atoms with Crippen molar-refractivity contribution >= 4 is 16.6 Å². The minimum atomic E-state index is -0.414. The summed E-state index contributed by atoms with van der Waals surface area (Å²) in [6.45, 7) is 3.63. The van der Waals surface area contributed by atoms with Gasteiger partial charge in [0.15, 0.2) is 5.69 Å². The zero-order valence-electron chi connectivity index (χ0n) is 15.1. The molecule has 0 amide bonds. The van der Waals surface area contributed by atoms with Crippen LogP contribution in [0.2, 0.25) is 0 Å². The number of aryl methyl sites for hydroxylation is 2. The minimum absolute atomic E-state index is 0.0352. The lowest BCUT2D eigenvalue weighted by molar-refractivity contribution is -0.386. The monoisotopic (exact) mass is 361 g/mol. The van der Waals surface area contributed by atoms with E-state index in [-0.39, 0.29) is 11.6 Å². The van der Waals surface area contributed by atoms with E-state index in [1.807, 2.05) is 31.3 Å². The molecule has 0 bridgehead atoms. The zero-order valence-corrected chi connectivity index (χ0v) is 15.1. The Morgan fingerprint density at radius 3 is 2.63 bits per heavy atom. The summed E-state index contributed by atoms with van der Waals surface area (Å²) in [6.07, 6.45) is 2.34. The molecule has 2 heterocycles. The quantitative estimate of drug-likeness (QED) is 0.398. The van der Waals surface area contributed by atoms with Gasteiger partial charge in [-0.3, -0.25) is 10.1 Å². The first-order valence-corrected chi connectivity index (χ1v) is 8.76. The maximum absolute atomic E-state index is 11.5. The lowest BCUT2D eigenvalue weighted by atomic mass is 9.87. The second-order valence-electron chi connectivity index (χ2n) is 6.75. The Morgan fingerprint density at radius 1 is 1.15 bits per heavy atom. The van der Waals surface area contributed by atoms with E-state index in [0.717, 1.165) is 27.6 Å². The van der Waals surface area contributed by atoms with Crippen LogP contribution in [-0.4, -0.2) is 15.1 Å². The van der Waals surface area contributed by atoms with Crippen LogP contribution >= 0.6 is 0 Å². The van der Waals surface area contributed by atoms with Crippen molar-refractivity contribution in [2.75, 3.05) is 0 Å². The van der Waals surface area contributed by atoms with Crippen molar-refractivity contribution in [2.24, 2.45) is 0 Å². The van der Waals surface area contributed by atoms with Gasteiger partial charge in [0, 0.05) is 29.4 Å². The number of benzene rings is 2. The number of hydrogen-bond acceptors (Lipinski definition) is 4. The molecule has 0 radical (unpaired) electrons. The highest BCUT2D eigenvalue weighted by Gasteiger charge is 2.29. The van der Waals surface area contributed by atoms with Crippen LogP contribution in [-0.2, 0) is 6.42 Å². The first-order chi connectivity index (χ1) is 13.0. The summed E-state index contributed by atoms with van der Waals surface area (Å²) in [5, 5.41) is 16.4. The molecule has 4 aromatic rings. The van der Waals surface area contributed by atoms with Crippen LogP contribution in [0, 0.1) is 24.0 Å². The highest BCUT2D eigenvalue weighted by molar-refractivity contribution is 5.84. The molecule has 2 aromatic heterocycles. The molecule has 1 unspecified atom stereocenters. The number of H-pyrrole nitrogens is 1. The van der Waals surface area contributed by atoms with E-state index in [1.165, 1.54) is 0 Å². The SMILES string of the molecule is Cc1ccc(C(Cc2onc(C)c2[N+](=O)[O-])c2c[nH]c3ccccc23)cc1. The minimum Gasteiger partial charge on any atom is -0.361 e. The van der Waals surface area contributed by atoms with Crippen LogP contribution in [0.4, 0.5) is 5.69 Å². The van der Waals surface area contributed by atoms with Crippen LogP contribution in [0.15, 0.2) is 59.3 Å². The second kappa shape index (κ2) is 6.72. The topological polar surface area (TPSA) is 85.0 Å². The molecule has 1 atom stereocenters. The third kappa shape index (κ3) is 3.10. The van der Waals surface area contributed by atoms with Gasteiger partial charge >= 0.3 is 5.69 Å². The fourth-order valence-corrected chi connectivity index (χ4v) is 3.55. The molecule has 0 fully saturated rings. The molecule has 0 spiro atoms. The lowest BCUT2D eigenvalue weighted by Crippen LogP contribution is -2.06. The molecule has 0 saturated carbocycles. The van der Waals surface area contributed by atoms with Gasteiger partial charge in [0.2, 0.25) is 5.76 Å². The van der Waals surface area contributed by atoms with Gasteiger partial charge in [0.1, 0.15) is 0 Å². The number of aromatic nitrogens is 2. The van der Waals surface area contributed by atoms with Gasteiger partial charge in [0.25, 0.3) is 0 Å². The summed E-state index contributed by atoms with van der Waals surface area (Å²) in [4.78, 5) is 14.3. The van der Waals surface area contributed by atoms with E-state index in [0.29, 0.717) is 17.9 Å². The largest absolute Gasteiger partial charge is 0.361 e. The smallest absolute Gasteiger partial charge is 0.334 e. The number of para-hydroxylation sites is 1. The van der Waals surface area contributed by atoms with Gasteiger partial charge < -0.3 is 9.51 Å². The van der Waals surface area contributed by atoms with E-state index in [2.05, 4.69) is 40.5 Å². The number of rotatable bonds is 5. The van der Waals surface area contributed by atoms with Gasteiger partial charge in [0.05, 0.1) is 4.92 Å². The van der Waals surface area contributed by atoms with Crippen molar-refractivity contribution in [1.82, 2.24) is 10.1 Å². The van der Waals surface area contributed by atoms with Gasteiger partial charge in [-0.15, -0.1) is 0 Å². The van der Waals surface area contributed by atoms with Crippen molar-refractivity contribution < 1.29 is 9.45 Å². The summed E-state index contributed by atoms with van der Waals surface area (Å²) >= 11 is 0. The fourth-order valence-electron chi connectivity index (χ4n) is 3.55. The van der Waals surface area contributed by atoms with Crippen LogP contribution in [0.3, 0.4) is 0 Å². The third-order valence-corrected chi connectivity index (χ3v) is 4.95. The molecule has 0 saturated heterocycles. The molecule has 0 aliphatic carbocycles. The van der Waals surface area contributed by atoms with E-state index in [9.17, 15) is 10.1 Å². The normalized spacial score (nSPS) is 12.4. The van der Waals surface area contributed by atoms with Crippen molar-refractivity contribution in [3.05, 3.63) is 93.0 Å². The molecule has 2 aromatic carbocycles. The first-order valence-electron chi connectivity index (χ1n) is 8.76. The maximum Gasteiger partial charge on any atom is 0.334 e. The van der Waals surface area contributed by atoms with E-state index in [4.69, 9.17) is 4.52 Å². The Morgan fingerprint density at radius 2 is 1.89 bits per heavy atom. The third-order valence-electron chi connectivity index (χ3n) is 4.95. The Hall–Kier alpha value is -3.41. The number of nitrogens with one attached hydrogen (secondary N) is 1. The molecule has 0 aliphatic rings. The molecule has 0 aliphatic heterocycles. The average molecular weight is 361 g/mol. The van der Waals surface area contributed by atoms with Crippen molar-refractivity contribution in [1.29, 1.82) is 0 Å². The van der Waals surface area contributed by atoms with Crippen LogP contribution < -0.4 is 0 Å². The number of nitro groups is 1. The maximum atomic E-state index is 11.5. The van der Waals surface area contributed by atoms with E-state index in [1.54, 1.807) is 6.92 Å². The van der Waals surface area contributed by atoms with E-state index < -0.39 is 4.92 Å². The number of aromatic amines is 1. The summed E-state index contributed by atoms with van der Waals surface area (Å²) in [5.41, 5.74) is 4.63. The highest BCUT2D eigenvalue weighted by Crippen LogP contribution is 2.36. The highest BCUT2D eigenvalue weighted by atomic mass is 16.6. The molecule has 1 N–H and O–H groups in total. The average Bonchev–Trinajstić information content (AvgIpc) is 3.24. The molecule has 6 heteroatoms. The Kier molecular flexibility index (Phi) is 4.24. The van der Waals surface area contributed by atoms with Gasteiger partial charge in [-0.25, -0.2) is 0 Å². The molecule has 6 nitrogen and oxygen atoms in total. The van der Waals surface area contributed by atoms with Gasteiger partial charge in [-0.05, 0) is 31.0 Å². The van der Waals surface area contributed by atoms with Crippen LogP contribution in [0.5, 0.6) is 0 Å².